The van der Waals surface area contributed by atoms with Gasteiger partial charge in [0.1, 0.15) is 11.3 Å². The zero-order chi connectivity index (χ0) is 22.2. The van der Waals surface area contributed by atoms with Crippen LogP contribution in [0.15, 0.2) is 23.1 Å². The van der Waals surface area contributed by atoms with Gasteiger partial charge in [0.25, 0.3) is 0 Å². The summed E-state index contributed by atoms with van der Waals surface area (Å²) < 4.78 is 36.1. The molecule has 1 aliphatic rings. The molecule has 2 aromatic rings. The van der Waals surface area contributed by atoms with Crippen LogP contribution in [-0.4, -0.2) is 36.0 Å². The van der Waals surface area contributed by atoms with Gasteiger partial charge in [-0.1, -0.05) is 25.4 Å². The molecule has 29 heavy (non-hydrogen) atoms. The molecule has 0 radical (unpaired) electrons. The Balaban J connectivity index is 2.21. The molecule has 156 valence electrons. The van der Waals surface area contributed by atoms with Crippen LogP contribution in [0.4, 0.5) is 4.39 Å². The van der Waals surface area contributed by atoms with Crippen molar-refractivity contribution >= 4 is 17.6 Å². The van der Waals surface area contributed by atoms with Crippen LogP contribution in [0.1, 0.15) is 43.6 Å². The zero-order valence-corrected chi connectivity index (χ0v) is 17.2. The Bertz CT molecular complexity index is 1050. The second-order valence-corrected chi connectivity index (χ2v) is 7.57. The molecule has 0 aliphatic carbocycles. The molecule has 2 heterocycles. The second-order valence-electron chi connectivity index (χ2n) is 7.17. The summed E-state index contributed by atoms with van der Waals surface area (Å²) in [5.74, 6) is -2.66. The summed E-state index contributed by atoms with van der Waals surface area (Å²) in [6.07, 6.45) is 1.88. The molecule has 0 amide bonds. The molecule has 3 rings (SSSR count). The number of pyridine rings is 1. The van der Waals surface area contributed by atoms with Gasteiger partial charge < -0.3 is 19.1 Å². The van der Waals surface area contributed by atoms with E-state index in [1.165, 1.54) is 10.6 Å². The van der Waals surface area contributed by atoms with Gasteiger partial charge in [0.2, 0.25) is 5.43 Å². The predicted octanol–water partition coefficient (Wildman–Crippen LogP) is 4.17. The van der Waals surface area contributed by atoms with E-state index in [0.29, 0.717) is 36.5 Å². The first-order chi connectivity index (χ1) is 14.1. The van der Waals surface area contributed by atoms with Crippen LogP contribution in [-0.2, 0) is 11.2 Å². The van der Waals surface area contributed by atoms with Crippen molar-refractivity contribution in [1.29, 1.82) is 0 Å². The average Bonchev–Trinajstić information content (AvgIpc) is 2.68. The van der Waals surface area contributed by atoms with Crippen molar-refractivity contribution < 1.29 is 25.1 Å². The first-order valence-electron chi connectivity index (χ1n) is 9.75. The number of carbonyl (C=O) groups is 1. The Morgan fingerprint density at radius 2 is 2.17 bits per heavy atom. The lowest BCUT2D eigenvalue weighted by atomic mass is 9.87. The molecule has 6 nitrogen and oxygen atoms in total. The van der Waals surface area contributed by atoms with Gasteiger partial charge in [-0.15, -0.1) is 0 Å². The largest absolute Gasteiger partial charge is 0.492 e. The number of aromatic nitrogens is 1. The molecule has 1 aromatic carbocycles. The Morgan fingerprint density at radius 3 is 2.79 bits per heavy atom. The van der Waals surface area contributed by atoms with E-state index in [9.17, 15) is 14.7 Å². The molecule has 0 fully saturated rings. The third kappa shape index (κ3) is 4.02. The molecule has 1 N–H and O–H groups in total. The predicted molar refractivity (Wildman–Crippen MR) is 108 cm³/mol. The van der Waals surface area contributed by atoms with E-state index in [0.717, 1.165) is 6.20 Å². The summed E-state index contributed by atoms with van der Waals surface area (Å²) >= 11 is 6.34. The van der Waals surface area contributed by atoms with E-state index in [4.69, 9.17) is 22.4 Å². The minimum absolute atomic E-state index is 0.136. The summed E-state index contributed by atoms with van der Waals surface area (Å²) in [6, 6.07) is 1.76. The molecule has 1 atom stereocenters. The lowest BCUT2D eigenvalue weighted by molar-refractivity contribution is 0.0693. The van der Waals surface area contributed by atoms with Crippen LogP contribution in [0.25, 0.3) is 11.3 Å². The summed E-state index contributed by atoms with van der Waals surface area (Å²) in [7, 11) is 1.59. The number of carboxylic acids is 1. The van der Waals surface area contributed by atoms with Crippen molar-refractivity contribution in [1.82, 2.24) is 4.57 Å². The molecular weight excluding hydrogens is 401 g/mol. The van der Waals surface area contributed by atoms with Crippen LogP contribution in [0.3, 0.4) is 0 Å². The van der Waals surface area contributed by atoms with E-state index in [1.807, 2.05) is 0 Å². The van der Waals surface area contributed by atoms with Crippen molar-refractivity contribution in [3.63, 3.8) is 0 Å². The number of benzene rings is 1. The van der Waals surface area contributed by atoms with E-state index in [2.05, 4.69) is 0 Å². The van der Waals surface area contributed by atoms with Crippen LogP contribution in [0, 0.1) is 11.7 Å². The molecule has 0 saturated heterocycles. The fourth-order valence-corrected chi connectivity index (χ4v) is 3.65. The quantitative estimate of drug-likeness (QED) is 0.675. The molecule has 8 heteroatoms. The van der Waals surface area contributed by atoms with E-state index >= 15 is 4.39 Å². The van der Waals surface area contributed by atoms with Gasteiger partial charge >= 0.3 is 5.97 Å². The smallest absolute Gasteiger partial charge is 0.341 e. The van der Waals surface area contributed by atoms with Gasteiger partial charge in [-0.05, 0) is 30.0 Å². The molecule has 0 saturated carbocycles. The maximum atomic E-state index is 15.1. The van der Waals surface area contributed by atoms with Crippen LogP contribution >= 0.6 is 11.6 Å². The maximum absolute atomic E-state index is 15.1. The van der Waals surface area contributed by atoms with E-state index < -0.39 is 28.8 Å². The average molecular weight is 425 g/mol. The third-order valence-corrected chi connectivity index (χ3v) is 5.19. The van der Waals surface area contributed by atoms with Gasteiger partial charge in [-0.3, -0.25) is 4.79 Å². The fourth-order valence-electron chi connectivity index (χ4n) is 3.43. The molecule has 1 aromatic heterocycles. The number of rotatable bonds is 7. The minimum atomic E-state index is -1.54. The van der Waals surface area contributed by atoms with E-state index in [-0.39, 0.29) is 23.1 Å². The number of aromatic carboxylic acids is 1. The van der Waals surface area contributed by atoms with Crippen LogP contribution < -0.4 is 10.2 Å². The van der Waals surface area contributed by atoms with E-state index in [1.54, 1.807) is 27.0 Å². The monoisotopic (exact) mass is 424 g/mol. The molecular formula is C21H23ClFNO5. The number of carboxylic acid groups (broad SMARTS) is 1. The normalized spacial score (nSPS) is 18.2. The number of fused-ring (bicyclic) bond motifs is 3. The third-order valence-electron chi connectivity index (χ3n) is 4.89. The van der Waals surface area contributed by atoms with Crippen molar-refractivity contribution in [3.8, 4) is 17.0 Å². The standard InChI is InChI=1S/C21H23ClFNO5/c1-11(2)16-7-12-8-17(29-6-4-5-28-3)15(22)9-13(12)19-18(23)20(25)14(21(26)27)10-24(16)19/h8-11,16H,4-7H2,1-3H3,(H,26,27)/t16-/m0/s1/i16D. The second kappa shape index (κ2) is 8.55. The number of methoxy groups -OCH3 is 1. The Labute approximate surface area is 174 Å². The molecule has 0 spiro atoms. The van der Waals surface area contributed by atoms with Crippen LogP contribution in [0.2, 0.25) is 5.02 Å². The van der Waals surface area contributed by atoms with Crippen molar-refractivity contribution in [2.75, 3.05) is 20.3 Å². The topological polar surface area (TPSA) is 77.8 Å². The number of halogens is 2. The summed E-state index contributed by atoms with van der Waals surface area (Å²) in [5, 5.41) is 9.54. The van der Waals surface area contributed by atoms with Crippen LogP contribution in [0.5, 0.6) is 5.75 Å². The summed E-state index contributed by atoms with van der Waals surface area (Å²) in [6.45, 7) is 4.47. The molecule has 1 aliphatic heterocycles. The molecule has 0 bridgehead atoms. The van der Waals surface area contributed by atoms with Gasteiger partial charge in [0.15, 0.2) is 5.82 Å². The van der Waals surface area contributed by atoms with Gasteiger partial charge in [0, 0.05) is 37.9 Å². The van der Waals surface area contributed by atoms with Crippen molar-refractivity contribution in [2.45, 2.75) is 32.7 Å². The lowest BCUT2D eigenvalue weighted by Crippen LogP contribution is -2.30. The summed E-state index contributed by atoms with van der Waals surface area (Å²) in [5.41, 5.74) is -1.11. The molecule has 0 unspecified atom stereocenters. The number of ether oxygens (including phenoxy) is 2. The highest BCUT2D eigenvalue weighted by molar-refractivity contribution is 6.32. The SMILES string of the molecule is [2H][C@@]1(C(C)C)Cc2cc(OCCCOC)c(Cl)cc2-c2c(F)c(=O)c(C(=O)O)cn21. The van der Waals surface area contributed by atoms with Gasteiger partial charge in [-0.25, -0.2) is 9.18 Å². The highest BCUT2D eigenvalue weighted by Crippen LogP contribution is 2.42. The number of hydrogen-bond acceptors (Lipinski definition) is 4. The van der Waals surface area contributed by atoms with Crippen molar-refractivity contribution in [3.05, 3.63) is 50.5 Å². The first-order valence-corrected chi connectivity index (χ1v) is 9.63. The number of nitrogens with zero attached hydrogens (tertiary/aromatic N) is 1. The van der Waals surface area contributed by atoms with Crippen molar-refractivity contribution in [2.24, 2.45) is 5.92 Å². The maximum Gasteiger partial charge on any atom is 0.341 e. The number of hydrogen-bond donors (Lipinski definition) is 1. The minimum Gasteiger partial charge on any atom is -0.492 e. The first kappa shape index (κ1) is 19.9. The Kier molecular flexibility index (Phi) is 5.87. The van der Waals surface area contributed by atoms with Gasteiger partial charge in [-0.2, -0.15) is 0 Å². The highest BCUT2D eigenvalue weighted by Gasteiger charge is 2.32. The van der Waals surface area contributed by atoms with Gasteiger partial charge in [0.05, 0.1) is 18.7 Å². The fraction of sp³-hybridized carbons (Fsp3) is 0.429. The lowest BCUT2D eigenvalue weighted by Gasteiger charge is -2.34. The summed E-state index contributed by atoms with van der Waals surface area (Å²) in [4.78, 5) is 23.8. The Hall–Kier alpha value is -2.38. The zero-order valence-electron chi connectivity index (χ0n) is 17.4. The highest BCUT2D eigenvalue weighted by atomic mass is 35.5. The Morgan fingerprint density at radius 1 is 1.45 bits per heavy atom.